The topological polar surface area (TPSA) is 87.7 Å². The number of thiocarbonyl (C=S) groups is 1. The molecule has 1 atom stereocenters. The van der Waals surface area contributed by atoms with Crippen molar-refractivity contribution in [1.29, 1.82) is 0 Å². The molecule has 194 valence electrons. The number of benzene rings is 1. The van der Waals surface area contributed by atoms with E-state index in [0.717, 1.165) is 19.3 Å². The van der Waals surface area contributed by atoms with Gasteiger partial charge in [0.15, 0.2) is 5.11 Å². The number of nitrogens with zero attached hydrogens (tertiary/aromatic N) is 1. The first-order valence-electron chi connectivity index (χ1n) is 12.7. The lowest BCUT2D eigenvalue weighted by molar-refractivity contribution is -0.147. The van der Waals surface area contributed by atoms with Crippen molar-refractivity contribution in [2.45, 2.75) is 83.6 Å². The molecule has 0 aromatic heterocycles. The minimum absolute atomic E-state index is 0.0947. The summed E-state index contributed by atoms with van der Waals surface area (Å²) in [6, 6.07) is 5.67. The predicted molar refractivity (Wildman–Crippen MR) is 142 cm³/mol. The Balaban J connectivity index is 1.70. The van der Waals surface area contributed by atoms with Crippen LogP contribution in [0.1, 0.15) is 87.9 Å². The molecule has 1 saturated heterocycles. The van der Waals surface area contributed by atoms with Crippen molar-refractivity contribution in [3.05, 3.63) is 34.9 Å². The highest BCUT2D eigenvalue weighted by Crippen LogP contribution is 2.14. The number of unbranched alkanes of at least 4 members (excludes halogenated alkanes) is 9. The Morgan fingerprint density at radius 3 is 2.43 bits per heavy atom. The number of rotatable bonds is 14. The molecule has 9 heteroatoms. The van der Waals surface area contributed by atoms with Crippen LogP contribution >= 0.6 is 23.8 Å². The quantitative estimate of drug-likeness (QED) is 0.202. The first-order chi connectivity index (χ1) is 16.9. The van der Waals surface area contributed by atoms with Gasteiger partial charge in [-0.3, -0.25) is 19.7 Å². The fourth-order valence-corrected chi connectivity index (χ4v) is 4.53. The van der Waals surface area contributed by atoms with Gasteiger partial charge in [-0.2, -0.15) is 0 Å². The van der Waals surface area contributed by atoms with Gasteiger partial charge in [0.1, 0.15) is 6.04 Å². The third-order valence-corrected chi connectivity index (χ3v) is 6.59. The monoisotopic (exact) mass is 523 g/mol. The molecule has 1 heterocycles. The number of halogens is 1. The summed E-state index contributed by atoms with van der Waals surface area (Å²) in [4.78, 5) is 38.9. The highest BCUT2D eigenvalue weighted by molar-refractivity contribution is 7.80. The van der Waals surface area contributed by atoms with E-state index in [-0.39, 0.29) is 17.4 Å². The Bertz CT molecular complexity index is 852. The first-order valence-corrected chi connectivity index (χ1v) is 13.5. The molecule has 1 aliphatic heterocycles. The Labute approximate surface area is 219 Å². The molecule has 1 aliphatic rings. The van der Waals surface area contributed by atoms with Crippen molar-refractivity contribution in [2.24, 2.45) is 0 Å². The van der Waals surface area contributed by atoms with E-state index in [1.165, 1.54) is 51.0 Å². The van der Waals surface area contributed by atoms with E-state index < -0.39 is 17.9 Å². The molecule has 2 N–H and O–H groups in total. The van der Waals surface area contributed by atoms with E-state index in [4.69, 9.17) is 28.6 Å². The van der Waals surface area contributed by atoms with E-state index in [1.54, 1.807) is 23.1 Å². The van der Waals surface area contributed by atoms with Crippen LogP contribution in [-0.4, -0.2) is 53.5 Å². The second-order valence-corrected chi connectivity index (χ2v) is 9.70. The van der Waals surface area contributed by atoms with Crippen molar-refractivity contribution in [3.8, 4) is 0 Å². The van der Waals surface area contributed by atoms with E-state index in [1.807, 2.05) is 0 Å². The Kier molecular flexibility index (Phi) is 13.7. The van der Waals surface area contributed by atoms with Crippen molar-refractivity contribution in [1.82, 2.24) is 15.5 Å². The van der Waals surface area contributed by atoms with E-state index >= 15 is 0 Å². The van der Waals surface area contributed by atoms with Gasteiger partial charge in [0.25, 0.3) is 5.91 Å². The minimum Gasteiger partial charge on any atom is -0.466 e. The SMILES string of the molecule is CCCCCCCCCCCCOC(=O)CC1C(=O)NCCN1C(=S)NC(=O)c1cccc(Cl)c1. The van der Waals surface area contributed by atoms with Crippen LogP contribution in [0.5, 0.6) is 0 Å². The molecule has 1 unspecified atom stereocenters. The van der Waals surface area contributed by atoms with Crippen LogP contribution in [0, 0.1) is 0 Å². The van der Waals surface area contributed by atoms with Crippen LogP contribution in [-0.2, 0) is 14.3 Å². The van der Waals surface area contributed by atoms with Crippen LogP contribution in [0.2, 0.25) is 5.02 Å². The molecule has 2 rings (SSSR count). The average Bonchev–Trinajstić information content (AvgIpc) is 2.83. The molecule has 1 aromatic rings. The lowest BCUT2D eigenvalue weighted by atomic mass is 10.1. The lowest BCUT2D eigenvalue weighted by Crippen LogP contribution is -2.60. The van der Waals surface area contributed by atoms with Crippen molar-refractivity contribution in [2.75, 3.05) is 19.7 Å². The molecule has 35 heavy (non-hydrogen) atoms. The Morgan fingerprint density at radius 2 is 1.77 bits per heavy atom. The summed E-state index contributed by atoms with van der Waals surface area (Å²) in [5, 5.41) is 5.91. The number of esters is 1. The third-order valence-electron chi connectivity index (χ3n) is 6.02. The molecule has 0 bridgehead atoms. The van der Waals surface area contributed by atoms with Gasteiger partial charge in [-0.1, -0.05) is 82.4 Å². The van der Waals surface area contributed by atoms with Gasteiger partial charge in [-0.05, 0) is 36.8 Å². The molecule has 0 aliphatic carbocycles. The highest BCUT2D eigenvalue weighted by atomic mass is 35.5. The summed E-state index contributed by atoms with van der Waals surface area (Å²) < 4.78 is 5.37. The van der Waals surface area contributed by atoms with E-state index in [9.17, 15) is 14.4 Å². The maximum absolute atomic E-state index is 12.5. The second-order valence-electron chi connectivity index (χ2n) is 8.88. The Hall–Kier alpha value is -2.19. The van der Waals surface area contributed by atoms with Gasteiger partial charge in [-0.25, -0.2) is 0 Å². The normalized spacial score (nSPS) is 15.4. The average molecular weight is 524 g/mol. The van der Waals surface area contributed by atoms with Gasteiger partial charge < -0.3 is 15.0 Å². The largest absolute Gasteiger partial charge is 0.466 e. The molecule has 0 radical (unpaired) electrons. The van der Waals surface area contributed by atoms with Crippen molar-refractivity contribution >= 4 is 46.7 Å². The summed E-state index contributed by atoms with van der Waals surface area (Å²) in [5.41, 5.74) is 0.355. The standard InChI is InChI=1S/C26H38ClN3O4S/c1-2-3-4-5-6-7-8-9-10-11-17-34-23(31)19-22-25(33)28-15-16-30(22)26(35)29-24(32)20-13-12-14-21(27)18-20/h12-14,18,22H,2-11,15-17,19H2,1H3,(H,28,33)(H,29,32,35). The van der Waals surface area contributed by atoms with Crippen LogP contribution in [0.4, 0.5) is 0 Å². The van der Waals surface area contributed by atoms with Crippen LogP contribution in [0.25, 0.3) is 0 Å². The number of nitrogens with one attached hydrogen (secondary N) is 2. The summed E-state index contributed by atoms with van der Waals surface area (Å²) >= 11 is 11.3. The van der Waals surface area contributed by atoms with Gasteiger partial charge in [0.2, 0.25) is 5.91 Å². The maximum Gasteiger partial charge on any atom is 0.308 e. The van der Waals surface area contributed by atoms with Crippen LogP contribution < -0.4 is 10.6 Å². The van der Waals surface area contributed by atoms with Gasteiger partial charge in [0, 0.05) is 23.7 Å². The third kappa shape index (κ3) is 10.9. The molecule has 0 saturated carbocycles. The molecule has 1 fully saturated rings. The number of hydrogen-bond donors (Lipinski definition) is 2. The van der Waals surface area contributed by atoms with Gasteiger partial charge >= 0.3 is 5.97 Å². The zero-order valence-corrected chi connectivity index (χ0v) is 22.2. The van der Waals surface area contributed by atoms with E-state index in [2.05, 4.69) is 17.6 Å². The number of piperazine rings is 1. The molecular weight excluding hydrogens is 486 g/mol. The first kappa shape index (κ1) is 29.0. The van der Waals surface area contributed by atoms with Gasteiger partial charge in [0.05, 0.1) is 13.0 Å². The number of carbonyl (C=O) groups is 3. The summed E-state index contributed by atoms with van der Waals surface area (Å²) in [5.74, 6) is -1.19. The predicted octanol–water partition coefficient (Wildman–Crippen LogP) is 5.01. The van der Waals surface area contributed by atoms with Crippen LogP contribution in [0.3, 0.4) is 0 Å². The summed E-state index contributed by atoms with van der Waals surface area (Å²) in [6.07, 6.45) is 11.9. The summed E-state index contributed by atoms with van der Waals surface area (Å²) in [7, 11) is 0. The zero-order valence-electron chi connectivity index (χ0n) is 20.7. The lowest BCUT2D eigenvalue weighted by Gasteiger charge is -2.36. The highest BCUT2D eigenvalue weighted by Gasteiger charge is 2.34. The van der Waals surface area contributed by atoms with Crippen molar-refractivity contribution < 1.29 is 19.1 Å². The summed E-state index contributed by atoms with van der Waals surface area (Å²) in [6.45, 7) is 3.33. The second kappa shape index (κ2) is 16.5. The molecule has 2 amide bonds. The van der Waals surface area contributed by atoms with Crippen LogP contribution in [0.15, 0.2) is 24.3 Å². The molecular formula is C26H38ClN3O4S. The fourth-order valence-electron chi connectivity index (χ4n) is 4.02. The maximum atomic E-state index is 12.5. The Morgan fingerprint density at radius 1 is 1.11 bits per heavy atom. The molecule has 1 aromatic carbocycles. The number of ether oxygens (including phenoxy) is 1. The zero-order chi connectivity index (χ0) is 25.5. The number of carbonyl (C=O) groups excluding carboxylic acids is 3. The van der Waals surface area contributed by atoms with Crippen molar-refractivity contribution in [3.63, 3.8) is 0 Å². The fraction of sp³-hybridized carbons (Fsp3) is 0.615. The molecule has 0 spiro atoms. The van der Waals surface area contributed by atoms with E-state index in [0.29, 0.717) is 30.3 Å². The number of hydrogen-bond acceptors (Lipinski definition) is 5. The minimum atomic E-state index is -0.823. The van der Waals surface area contributed by atoms with Gasteiger partial charge in [-0.15, -0.1) is 0 Å². The molecule has 7 nitrogen and oxygen atoms in total. The number of amides is 2. The smallest absolute Gasteiger partial charge is 0.308 e.